The summed E-state index contributed by atoms with van der Waals surface area (Å²) in [6.07, 6.45) is 3.67. The molecule has 0 radical (unpaired) electrons. The fourth-order valence-electron chi connectivity index (χ4n) is 2.78. The number of hydrogen-bond donors (Lipinski definition) is 1. The first-order valence-electron chi connectivity index (χ1n) is 7.17. The third kappa shape index (κ3) is 3.51. The first kappa shape index (κ1) is 15.7. The lowest BCUT2D eigenvalue weighted by molar-refractivity contribution is -0.385. The summed E-state index contributed by atoms with van der Waals surface area (Å²) in [4.78, 5) is 12.8. The Balaban J connectivity index is 1.99. The average Bonchev–Trinajstić information content (AvgIpc) is 2.40. The molecular formula is C15H23N3O3. The van der Waals surface area contributed by atoms with Gasteiger partial charge in [0.1, 0.15) is 5.75 Å². The number of benzene rings is 1. The van der Waals surface area contributed by atoms with Gasteiger partial charge in [-0.15, -0.1) is 0 Å². The minimum atomic E-state index is -0.390. The molecule has 2 rings (SSSR count). The number of ether oxygens (including phenoxy) is 1. The zero-order valence-electron chi connectivity index (χ0n) is 12.9. The van der Waals surface area contributed by atoms with Crippen LogP contribution in [0.1, 0.15) is 24.8 Å². The number of nitrogens with zero attached hydrogens (tertiary/aromatic N) is 2. The van der Waals surface area contributed by atoms with Crippen molar-refractivity contribution in [2.24, 2.45) is 0 Å². The van der Waals surface area contributed by atoms with E-state index in [1.54, 1.807) is 6.07 Å². The first-order valence-corrected chi connectivity index (χ1v) is 7.17. The van der Waals surface area contributed by atoms with E-state index in [0.717, 1.165) is 12.1 Å². The molecule has 1 fully saturated rings. The molecule has 0 aromatic heterocycles. The van der Waals surface area contributed by atoms with Crippen LogP contribution in [0, 0.1) is 10.1 Å². The molecule has 6 heteroatoms. The van der Waals surface area contributed by atoms with E-state index in [1.165, 1.54) is 32.4 Å². The van der Waals surface area contributed by atoms with Crippen molar-refractivity contribution in [2.45, 2.75) is 31.3 Å². The van der Waals surface area contributed by atoms with Gasteiger partial charge < -0.3 is 15.0 Å². The maximum atomic E-state index is 10.9. The molecule has 21 heavy (non-hydrogen) atoms. The van der Waals surface area contributed by atoms with Crippen LogP contribution in [0.25, 0.3) is 0 Å². The van der Waals surface area contributed by atoms with Crippen LogP contribution < -0.4 is 10.1 Å². The lowest BCUT2D eigenvalue weighted by atomic mass is 9.75. The molecule has 0 spiro atoms. The van der Waals surface area contributed by atoms with Gasteiger partial charge in [0.05, 0.1) is 18.1 Å². The Morgan fingerprint density at radius 2 is 2.10 bits per heavy atom. The molecule has 1 aromatic carbocycles. The highest BCUT2D eigenvalue weighted by atomic mass is 16.6. The number of hydrogen-bond acceptors (Lipinski definition) is 5. The number of non-ortho nitro benzene ring substituents is 1. The minimum Gasteiger partial charge on any atom is -0.496 e. The second kappa shape index (κ2) is 6.41. The number of methoxy groups -OCH3 is 1. The largest absolute Gasteiger partial charge is 0.496 e. The van der Waals surface area contributed by atoms with E-state index >= 15 is 0 Å². The van der Waals surface area contributed by atoms with E-state index in [9.17, 15) is 10.1 Å². The first-order chi connectivity index (χ1) is 9.97. The second-order valence-electron chi connectivity index (χ2n) is 5.87. The van der Waals surface area contributed by atoms with Crippen LogP contribution in [0.3, 0.4) is 0 Å². The van der Waals surface area contributed by atoms with Crippen LogP contribution in [0.2, 0.25) is 0 Å². The quantitative estimate of drug-likeness (QED) is 0.616. The summed E-state index contributed by atoms with van der Waals surface area (Å²) in [5, 5.41) is 14.3. The van der Waals surface area contributed by atoms with Crippen molar-refractivity contribution in [3.63, 3.8) is 0 Å². The second-order valence-corrected chi connectivity index (χ2v) is 5.87. The molecular weight excluding hydrogens is 270 g/mol. The molecule has 0 heterocycles. The molecule has 1 N–H and O–H groups in total. The van der Waals surface area contributed by atoms with Crippen molar-refractivity contribution in [3.05, 3.63) is 33.9 Å². The van der Waals surface area contributed by atoms with Gasteiger partial charge in [-0.25, -0.2) is 0 Å². The van der Waals surface area contributed by atoms with Gasteiger partial charge in [0.2, 0.25) is 0 Å². The van der Waals surface area contributed by atoms with Crippen LogP contribution in [0.15, 0.2) is 18.2 Å². The van der Waals surface area contributed by atoms with Gasteiger partial charge in [-0.1, -0.05) is 0 Å². The Labute approximate surface area is 125 Å². The third-order valence-electron chi connectivity index (χ3n) is 4.41. The third-order valence-corrected chi connectivity index (χ3v) is 4.41. The molecule has 0 amide bonds. The van der Waals surface area contributed by atoms with Gasteiger partial charge in [-0.2, -0.15) is 0 Å². The van der Waals surface area contributed by atoms with Crippen LogP contribution in [-0.2, 0) is 6.54 Å². The monoisotopic (exact) mass is 293 g/mol. The molecule has 1 aliphatic rings. The van der Waals surface area contributed by atoms with Crippen molar-refractivity contribution >= 4 is 5.69 Å². The van der Waals surface area contributed by atoms with E-state index in [4.69, 9.17) is 4.74 Å². The average molecular weight is 293 g/mol. The summed E-state index contributed by atoms with van der Waals surface area (Å²) in [5.41, 5.74) is 1.18. The van der Waals surface area contributed by atoms with Gasteiger partial charge in [0.25, 0.3) is 5.69 Å². The number of rotatable bonds is 7. The lowest BCUT2D eigenvalue weighted by Crippen LogP contribution is -2.56. The van der Waals surface area contributed by atoms with Gasteiger partial charge in [0, 0.05) is 24.7 Å². The fraction of sp³-hybridized carbons (Fsp3) is 0.600. The van der Waals surface area contributed by atoms with Gasteiger partial charge in [-0.05, 0) is 45.0 Å². The molecule has 0 unspecified atom stereocenters. The van der Waals surface area contributed by atoms with Crippen molar-refractivity contribution < 1.29 is 9.66 Å². The summed E-state index contributed by atoms with van der Waals surface area (Å²) in [7, 11) is 5.74. The van der Waals surface area contributed by atoms with Crippen molar-refractivity contribution in [2.75, 3.05) is 27.7 Å². The number of likely N-dealkylation sites (N-methyl/N-ethyl adjacent to an activating group) is 1. The smallest absolute Gasteiger partial charge is 0.273 e. The van der Waals surface area contributed by atoms with Crippen LogP contribution in [0.4, 0.5) is 5.69 Å². The summed E-state index contributed by atoms with van der Waals surface area (Å²) < 4.78 is 5.12. The van der Waals surface area contributed by atoms with E-state index < -0.39 is 0 Å². The fourth-order valence-corrected chi connectivity index (χ4v) is 2.78. The Bertz CT molecular complexity index is 513. The van der Waals surface area contributed by atoms with Crippen LogP contribution in [0.5, 0.6) is 5.75 Å². The van der Waals surface area contributed by atoms with Crippen LogP contribution >= 0.6 is 0 Å². The van der Waals surface area contributed by atoms with Gasteiger partial charge in [0.15, 0.2) is 0 Å². The Kier molecular flexibility index (Phi) is 4.80. The summed E-state index contributed by atoms with van der Waals surface area (Å²) in [6.45, 7) is 1.50. The SMILES string of the molecule is COc1cc(CNCC2(N(C)C)CCC2)cc([N+](=O)[O-])c1. The maximum Gasteiger partial charge on any atom is 0.273 e. The molecule has 116 valence electrons. The van der Waals surface area contributed by atoms with E-state index in [1.807, 2.05) is 6.07 Å². The van der Waals surface area contributed by atoms with E-state index in [-0.39, 0.29) is 16.1 Å². The number of nitrogens with one attached hydrogen (secondary N) is 1. The van der Waals surface area contributed by atoms with Gasteiger partial charge >= 0.3 is 0 Å². The summed E-state index contributed by atoms with van der Waals surface area (Å²) in [6, 6.07) is 4.87. The predicted molar refractivity (Wildman–Crippen MR) is 81.6 cm³/mol. The molecule has 1 aromatic rings. The summed E-state index contributed by atoms with van der Waals surface area (Å²) >= 11 is 0. The Morgan fingerprint density at radius 1 is 1.38 bits per heavy atom. The summed E-state index contributed by atoms with van der Waals surface area (Å²) in [5.74, 6) is 0.520. The van der Waals surface area contributed by atoms with Crippen molar-refractivity contribution in [1.82, 2.24) is 10.2 Å². The van der Waals surface area contributed by atoms with E-state index in [0.29, 0.717) is 12.3 Å². The highest BCUT2D eigenvalue weighted by Gasteiger charge is 2.38. The van der Waals surface area contributed by atoms with Crippen molar-refractivity contribution in [3.8, 4) is 5.75 Å². The molecule has 0 atom stereocenters. The Morgan fingerprint density at radius 3 is 2.57 bits per heavy atom. The Hall–Kier alpha value is -1.66. The molecule has 0 saturated heterocycles. The standard InChI is InChI=1S/C15H23N3O3/c1-17(2)15(5-4-6-15)11-16-10-12-7-13(18(19)20)9-14(8-12)21-3/h7-9,16H,4-6,10-11H2,1-3H3. The predicted octanol–water partition coefficient (Wildman–Crippen LogP) is 2.18. The highest BCUT2D eigenvalue weighted by molar-refractivity contribution is 5.42. The minimum absolute atomic E-state index is 0.0668. The molecule has 1 aliphatic carbocycles. The maximum absolute atomic E-state index is 10.9. The van der Waals surface area contributed by atoms with E-state index in [2.05, 4.69) is 24.3 Å². The molecule has 0 aliphatic heterocycles. The zero-order chi connectivity index (χ0) is 15.5. The van der Waals surface area contributed by atoms with Crippen LogP contribution in [-0.4, -0.2) is 43.1 Å². The topological polar surface area (TPSA) is 67.6 Å². The highest BCUT2D eigenvalue weighted by Crippen LogP contribution is 2.35. The number of nitro benzene ring substituents is 1. The molecule has 6 nitrogen and oxygen atoms in total. The normalized spacial score (nSPS) is 16.6. The van der Waals surface area contributed by atoms with Crippen molar-refractivity contribution in [1.29, 1.82) is 0 Å². The van der Waals surface area contributed by atoms with Gasteiger partial charge in [-0.3, -0.25) is 10.1 Å². The molecule has 0 bridgehead atoms. The lowest BCUT2D eigenvalue weighted by Gasteiger charge is -2.47. The zero-order valence-corrected chi connectivity index (χ0v) is 12.9. The molecule has 1 saturated carbocycles. The number of nitro groups is 1.